The molecule has 2 aromatic rings. The van der Waals surface area contributed by atoms with E-state index in [0.717, 1.165) is 12.2 Å². The van der Waals surface area contributed by atoms with Gasteiger partial charge in [0.15, 0.2) is 11.6 Å². The number of hydrogen-bond donors (Lipinski definition) is 1. The van der Waals surface area contributed by atoms with Crippen molar-refractivity contribution in [3.63, 3.8) is 0 Å². The first-order valence-corrected chi connectivity index (χ1v) is 7.28. The van der Waals surface area contributed by atoms with Gasteiger partial charge in [-0.25, -0.2) is 14.4 Å². The second-order valence-electron chi connectivity index (χ2n) is 5.84. The Morgan fingerprint density at radius 1 is 1.24 bits per heavy atom. The Balaban J connectivity index is 2.62. The summed E-state index contributed by atoms with van der Waals surface area (Å²) in [6.45, 7) is 8.89. The third-order valence-corrected chi connectivity index (χ3v) is 3.34. The molecule has 0 spiro atoms. The van der Waals surface area contributed by atoms with Gasteiger partial charge in [0.1, 0.15) is 5.82 Å². The van der Waals surface area contributed by atoms with Gasteiger partial charge in [-0.3, -0.25) is 0 Å². The van der Waals surface area contributed by atoms with Gasteiger partial charge in [0.25, 0.3) is 0 Å². The minimum absolute atomic E-state index is 0.0715. The lowest BCUT2D eigenvalue weighted by Crippen LogP contribution is -2.16. The Labute approximate surface area is 129 Å². The molecular weight excluding hydrogens is 289 g/mol. The monoisotopic (exact) mass is 307 g/mol. The van der Waals surface area contributed by atoms with Crippen LogP contribution in [0.1, 0.15) is 33.4 Å². The lowest BCUT2D eigenvalue weighted by molar-refractivity contribution is 0.567. The Hall–Kier alpha value is -1.68. The average Bonchev–Trinajstić information content (AvgIpc) is 2.41. The number of nitrogens with one attached hydrogen (secondary N) is 1. The quantitative estimate of drug-likeness (QED) is 0.895. The first kappa shape index (κ1) is 15.7. The third-order valence-electron chi connectivity index (χ3n) is 3.04. The first-order valence-electron chi connectivity index (χ1n) is 6.90. The maximum absolute atomic E-state index is 14.2. The summed E-state index contributed by atoms with van der Waals surface area (Å²) in [4.78, 5) is 8.90. The summed E-state index contributed by atoms with van der Waals surface area (Å²) < 4.78 is 14.2. The maximum atomic E-state index is 14.2. The topological polar surface area (TPSA) is 37.8 Å². The summed E-state index contributed by atoms with van der Waals surface area (Å²) in [5.74, 6) is 0.540. The number of aromatic nitrogens is 2. The molecule has 112 valence electrons. The average molecular weight is 308 g/mol. The zero-order valence-electron chi connectivity index (χ0n) is 12.7. The van der Waals surface area contributed by atoms with Gasteiger partial charge in [-0.1, -0.05) is 38.4 Å². The van der Waals surface area contributed by atoms with Crippen molar-refractivity contribution >= 4 is 17.4 Å². The molecule has 0 saturated heterocycles. The summed E-state index contributed by atoms with van der Waals surface area (Å²) in [5.41, 5.74) is 1.01. The summed E-state index contributed by atoms with van der Waals surface area (Å²) >= 11 is 5.85. The van der Waals surface area contributed by atoms with Crippen LogP contribution in [0.3, 0.4) is 0 Å². The van der Waals surface area contributed by atoms with Crippen LogP contribution < -0.4 is 5.32 Å². The van der Waals surface area contributed by atoms with Crippen LogP contribution in [-0.4, -0.2) is 16.5 Å². The van der Waals surface area contributed by atoms with Gasteiger partial charge in [0, 0.05) is 18.0 Å². The fraction of sp³-hybridized carbons (Fsp3) is 0.375. The molecule has 3 nitrogen and oxygen atoms in total. The molecule has 0 radical (unpaired) electrons. The first-order chi connectivity index (χ1) is 9.82. The SMILES string of the molecule is CCNc1cc(C(C)(C)C)nc(-c2cccc(Cl)c2F)n1. The highest BCUT2D eigenvalue weighted by molar-refractivity contribution is 6.31. The molecule has 0 aliphatic carbocycles. The van der Waals surface area contributed by atoms with Gasteiger partial charge in [0.2, 0.25) is 0 Å². The summed E-state index contributed by atoms with van der Waals surface area (Å²) in [7, 11) is 0. The van der Waals surface area contributed by atoms with Crippen molar-refractivity contribution in [3.8, 4) is 11.4 Å². The van der Waals surface area contributed by atoms with E-state index < -0.39 is 5.82 Å². The number of anilines is 1. The normalized spacial score (nSPS) is 11.5. The van der Waals surface area contributed by atoms with Gasteiger partial charge in [-0.15, -0.1) is 0 Å². The van der Waals surface area contributed by atoms with Crippen molar-refractivity contribution < 1.29 is 4.39 Å². The molecule has 0 amide bonds. The van der Waals surface area contributed by atoms with Crippen LogP contribution in [0.25, 0.3) is 11.4 Å². The smallest absolute Gasteiger partial charge is 0.164 e. The van der Waals surface area contributed by atoms with Crippen LogP contribution in [0.5, 0.6) is 0 Å². The van der Waals surface area contributed by atoms with E-state index in [1.165, 1.54) is 6.07 Å². The number of benzene rings is 1. The predicted octanol–water partition coefficient (Wildman–Crippen LogP) is 4.67. The summed E-state index contributed by atoms with van der Waals surface area (Å²) in [6, 6.07) is 6.74. The Kier molecular flexibility index (Phi) is 4.47. The minimum atomic E-state index is -0.493. The van der Waals surface area contributed by atoms with Crippen LogP contribution in [0.4, 0.5) is 10.2 Å². The van der Waals surface area contributed by atoms with E-state index in [-0.39, 0.29) is 10.4 Å². The molecule has 0 unspecified atom stereocenters. The van der Waals surface area contributed by atoms with Crippen molar-refractivity contribution in [2.75, 3.05) is 11.9 Å². The molecular formula is C16H19ClFN3. The van der Waals surface area contributed by atoms with E-state index in [4.69, 9.17) is 11.6 Å². The molecule has 1 aromatic carbocycles. The molecule has 0 bridgehead atoms. The van der Waals surface area contributed by atoms with Crippen LogP contribution in [0.15, 0.2) is 24.3 Å². The van der Waals surface area contributed by atoms with Crippen molar-refractivity contribution in [2.24, 2.45) is 0 Å². The molecule has 1 heterocycles. The summed E-state index contributed by atoms with van der Waals surface area (Å²) in [5, 5.41) is 3.23. The van der Waals surface area contributed by atoms with Crippen molar-refractivity contribution in [1.82, 2.24) is 9.97 Å². The highest BCUT2D eigenvalue weighted by Crippen LogP contribution is 2.29. The standard InChI is InChI=1S/C16H19ClFN3/c1-5-19-13-9-12(16(2,3)4)20-15(21-13)10-7-6-8-11(17)14(10)18/h6-9H,5H2,1-4H3,(H,19,20,21). The molecule has 21 heavy (non-hydrogen) atoms. The van der Waals surface area contributed by atoms with E-state index in [1.807, 2.05) is 13.0 Å². The number of rotatable bonds is 3. The second kappa shape index (κ2) is 5.98. The Morgan fingerprint density at radius 2 is 1.95 bits per heavy atom. The molecule has 0 aliphatic rings. The molecule has 2 rings (SSSR count). The van der Waals surface area contributed by atoms with Crippen LogP contribution in [0.2, 0.25) is 5.02 Å². The van der Waals surface area contributed by atoms with E-state index in [2.05, 4.69) is 36.1 Å². The summed E-state index contributed by atoms with van der Waals surface area (Å²) in [6.07, 6.45) is 0. The molecule has 0 aliphatic heterocycles. The molecule has 0 atom stereocenters. The largest absolute Gasteiger partial charge is 0.370 e. The van der Waals surface area contributed by atoms with Crippen molar-refractivity contribution in [2.45, 2.75) is 33.1 Å². The second-order valence-corrected chi connectivity index (χ2v) is 6.25. The van der Waals surface area contributed by atoms with Crippen molar-refractivity contribution in [3.05, 3.63) is 40.8 Å². The van der Waals surface area contributed by atoms with E-state index in [9.17, 15) is 4.39 Å². The lowest BCUT2D eigenvalue weighted by Gasteiger charge is -2.19. The zero-order chi connectivity index (χ0) is 15.6. The molecule has 5 heteroatoms. The molecule has 0 saturated carbocycles. The van der Waals surface area contributed by atoms with Gasteiger partial charge in [0.05, 0.1) is 16.3 Å². The number of halogens is 2. The van der Waals surface area contributed by atoms with Crippen molar-refractivity contribution in [1.29, 1.82) is 0 Å². The maximum Gasteiger partial charge on any atom is 0.164 e. The van der Waals surface area contributed by atoms with Crippen LogP contribution in [0, 0.1) is 5.82 Å². The van der Waals surface area contributed by atoms with E-state index in [1.54, 1.807) is 12.1 Å². The Bertz CT molecular complexity index is 650. The van der Waals surface area contributed by atoms with E-state index in [0.29, 0.717) is 17.2 Å². The third kappa shape index (κ3) is 3.50. The van der Waals surface area contributed by atoms with Gasteiger partial charge in [-0.2, -0.15) is 0 Å². The number of nitrogens with zero attached hydrogens (tertiary/aromatic N) is 2. The molecule has 0 fully saturated rings. The van der Waals surface area contributed by atoms with Crippen LogP contribution in [-0.2, 0) is 5.41 Å². The van der Waals surface area contributed by atoms with E-state index >= 15 is 0 Å². The zero-order valence-corrected chi connectivity index (χ0v) is 13.4. The van der Waals surface area contributed by atoms with Gasteiger partial charge >= 0.3 is 0 Å². The van der Waals surface area contributed by atoms with Gasteiger partial charge in [-0.05, 0) is 19.1 Å². The highest BCUT2D eigenvalue weighted by Gasteiger charge is 2.20. The number of hydrogen-bond acceptors (Lipinski definition) is 3. The minimum Gasteiger partial charge on any atom is -0.370 e. The fourth-order valence-corrected chi connectivity index (χ4v) is 2.07. The highest BCUT2D eigenvalue weighted by atomic mass is 35.5. The molecule has 1 aromatic heterocycles. The van der Waals surface area contributed by atoms with Crippen LogP contribution >= 0.6 is 11.6 Å². The molecule has 1 N–H and O–H groups in total. The fourth-order valence-electron chi connectivity index (χ4n) is 1.90. The lowest BCUT2D eigenvalue weighted by atomic mass is 9.91. The van der Waals surface area contributed by atoms with Gasteiger partial charge < -0.3 is 5.32 Å². The predicted molar refractivity (Wildman–Crippen MR) is 85.3 cm³/mol. The Morgan fingerprint density at radius 3 is 2.57 bits per heavy atom.